The van der Waals surface area contributed by atoms with Gasteiger partial charge in [-0.05, 0) is 46.4 Å². The lowest BCUT2D eigenvalue weighted by Gasteiger charge is -2.16. The fraction of sp³-hybridized carbons (Fsp3) is 0.0909. The summed E-state index contributed by atoms with van der Waals surface area (Å²) in [4.78, 5) is 0. The van der Waals surface area contributed by atoms with Crippen molar-refractivity contribution in [1.82, 2.24) is 0 Å². The molecule has 2 N–H and O–H groups in total. The van der Waals surface area contributed by atoms with E-state index in [0.29, 0.717) is 0 Å². The van der Waals surface area contributed by atoms with Crippen LogP contribution in [0.2, 0.25) is 0 Å². The first-order chi connectivity index (χ1) is 11.3. The van der Waals surface area contributed by atoms with E-state index in [1.165, 1.54) is 27.8 Å². The fourth-order valence-electron chi connectivity index (χ4n) is 2.93. The van der Waals surface area contributed by atoms with Crippen LogP contribution >= 0.6 is 0 Å². The maximum absolute atomic E-state index is 5.87. The second-order valence-electron chi connectivity index (χ2n) is 5.56. The minimum atomic E-state index is 0.791. The number of rotatable bonds is 4. The molecule has 0 heterocycles. The normalized spacial score (nSPS) is 11.9. The van der Waals surface area contributed by atoms with E-state index in [1.54, 1.807) is 0 Å². The van der Waals surface area contributed by atoms with Crippen LogP contribution in [0.5, 0.6) is 0 Å². The largest absolute Gasteiger partial charge is 0.399 e. The van der Waals surface area contributed by atoms with Gasteiger partial charge in [-0.3, -0.25) is 0 Å². The van der Waals surface area contributed by atoms with Crippen LogP contribution in [0.4, 0.5) is 5.69 Å². The molecule has 0 saturated carbocycles. The minimum Gasteiger partial charge on any atom is -0.399 e. The lowest BCUT2D eigenvalue weighted by molar-refractivity contribution is 1.24. The van der Waals surface area contributed by atoms with Crippen LogP contribution in [0.25, 0.3) is 11.1 Å². The van der Waals surface area contributed by atoms with Crippen molar-refractivity contribution in [2.45, 2.75) is 13.3 Å². The lowest BCUT2D eigenvalue weighted by atomic mass is 9.88. The molecule has 0 aromatic heterocycles. The number of anilines is 1. The summed E-state index contributed by atoms with van der Waals surface area (Å²) in [5.74, 6) is 0. The van der Waals surface area contributed by atoms with E-state index >= 15 is 0 Å². The Morgan fingerprint density at radius 1 is 0.652 bits per heavy atom. The first-order valence-electron chi connectivity index (χ1n) is 7.99. The molecule has 23 heavy (non-hydrogen) atoms. The van der Waals surface area contributed by atoms with Crippen molar-refractivity contribution in [2.75, 3.05) is 5.73 Å². The third-order valence-electron chi connectivity index (χ3n) is 4.04. The molecule has 0 unspecified atom stereocenters. The number of nitrogens with two attached hydrogens (primary N) is 1. The molecule has 3 aromatic carbocycles. The maximum Gasteiger partial charge on any atom is 0.0314 e. The van der Waals surface area contributed by atoms with E-state index in [4.69, 9.17) is 5.73 Å². The molecule has 0 amide bonds. The molecule has 3 aromatic rings. The predicted molar refractivity (Wildman–Crippen MR) is 99.9 cm³/mol. The number of benzene rings is 3. The van der Waals surface area contributed by atoms with Crippen LogP contribution in [-0.2, 0) is 0 Å². The van der Waals surface area contributed by atoms with Gasteiger partial charge in [-0.25, -0.2) is 0 Å². The van der Waals surface area contributed by atoms with Gasteiger partial charge >= 0.3 is 0 Å². The molecule has 3 rings (SSSR count). The van der Waals surface area contributed by atoms with Gasteiger partial charge in [-0.1, -0.05) is 79.7 Å². The van der Waals surface area contributed by atoms with Gasteiger partial charge in [0.25, 0.3) is 0 Å². The van der Waals surface area contributed by atoms with Crippen molar-refractivity contribution >= 4 is 16.8 Å². The number of hydrogen-bond donors (Lipinski definition) is 1. The van der Waals surface area contributed by atoms with Crippen molar-refractivity contribution in [3.8, 4) is 0 Å². The van der Waals surface area contributed by atoms with Crippen LogP contribution in [0.15, 0.2) is 84.9 Å². The van der Waals surface area contributed by atoms with Crippen molar-refractivity contribution < 1.29 is 0 Å². The molecular formula is C22H21N. The summed E-state index contributed by atoms with van der Waals surface area (Å²) in [6.45, 7) is 2.21. The molecule has 1 nitrogen and oxygen atoms in total. The minimum absolute atomic E-state index is 0.791. The molecule has 0 atom stereocenters. The standard InChI is InChI=1S/C22H21N/c1-2-21(17-9-5-3-6-10-17)22(18-11-7-4-8-12-18)19-13-15-20(23)16-14-19/h3-16H,2,23H2,1H3/b22-21-. The van der Waals surface area contributed by atoms with Crippen LogP contribution in [0.1, 0.15) is 30.0 Å². The van der Waals surface area contributed by atoms with Gasteiger partial charge in [0.2, 0.25) is 0 Å². The molecule has 0 radical (unpaired) electrons. The summed E-state index contributed by atoms with van der Waals surface area (Å²) >= 11 is 0. The Morgan fingerprint density at radius 2 is 1.13 bits per heavy atom. The van der Waals surface area contributed by atoms with Crippen LogP contribution < -0.4 is 5.73 Å². The summed E-state index contributed by atoms with van der Waals surface area (Å²) in [6, 6.07) is 29.3. The Labute approximate surface area is 138 Å². The topological polar surface area (TPSA) is 26.0 Å². The highest BCUT2D eigenvalue weighted by atomic mass is 14.5. The number of nitrogen functional groups attached to an aromatic ring is 1. The molecule has 114 valence electrons. The summed E-state index contributed by atoms with van der Waals surface area (Å²) in [7, 11) is 0. The average Bonchev–Trinajstić information content (AvgIpc) is 2.62. The monoisotopic (exact) mass is 299 g/mol. The molecule has 0 bridgehead atoms. The van der Waals surface area contributed by atoms with Crippen molar-refractivity contribution in [3.63, 3.8) is 0 Å². The highest BCUT2D eigenvalue weighted by Crippen LogP contribution is 2.34. The van der Waals surface area contributed by atoms with E-state index in [-0.39, 0.29) is 0 Å². The SMILES string of the molecule is CC/C(=C(\c1ccccc1)c1ccc(N)cc1)c1ccccc1. The van der Waals surface area contributed by atoms with Gasteiger partial charge in [-0.15, -0.1) is 0 Å². The smallest absolute Gasteiger partial charge is 0.0314 e. The molecular weight excluding hydrogens is 278 g/mol. The lowest BCUT2D eigenvalue weighted by Crippen LogP contribution is -1.95. The van der Waals surface area contributed by atoms with Crippen molar-refractivity contribution in [3.05, 3.63) is 102 Å². The Morgan fingerprint density at radius 3 is 1.65 bits per heavy atom. The van der Waals surface area contributed by atoms with Crippen LogP contribution in [0, 0.1) is 0 Å². The molecule has 1 heteroatoms. The third kappa shape index (κ3) is 3.35. The maximum atomic E-state index is 5.87. The van der Waals surface area contributed by atoms with E-state index in [1.807, 2.05) is 12.1 Å². The van der Waals surface area contributed by atoms with Crippen LogP contribution in [-0.4, -0.2) is 0 Å². The third-order valence-corrected chi connectivity index (χ3v) is 4.04. The zero-order valence-electron chi connectivity index (χ0n) is 13.4. The predicted octanol–water partition coefficient (Wildman–Crippen LogP) is 5.64. The summed E-state index contributed by atoms with van der Waals surface area (Å²) in [5.41, 5.74) is 13.0. The average molecular weight is 299 g/mol. The van der Waals surface area contributed by atoms with Gasteiger partial charge in [-0.2, -0.15) is 0 Å². The Kier molecular flexibility index (Phi) is 4.58. The molecule has 0 saturated heterocycles. The van der Waals surface area contributed by atoms with E-state index < -0.39 is 0 Å². The summed E-state index contributed by atoms with van der Waals surface area (Å²) in [5, 5.41) is 0. The first kappa shape index (κ1) is 15.1. The van der Waals surface area contributed by atoms with E-state index in [2.05, 4.69) is 79.7 Å². The van der Waals surface area contributed by atoms with Gasteiger partial charge in [0, 0.05) is 5.69 Å². The zero-order valence-corrected chi connectivity index (χ0v) is 13.4. The molecule has 0 aliphatic carbocycles. The van der Waals surface area contributed by atoms with Gasteiger partial charge in [0.05, 0.1) is 0 Å². The fourth-order valence-corrected chi connectivity index (χ4v) is 2.93. The quantitative estimate of drug-likeness (QED) is 0.490. The Hall–Kier alpha value is -2.80. The highest BCUT2D eigenvalue weighted by molar-refractivity contribution is 5.98. The van der Waals surface area contributed by atoms with Crippen LogP contribution in [0.3, 0.4) is 0 Å². The second kappa shape index (κ2) is 6.97. The van der Waals surface area contributed by atoms with Gasteiger partial charge in [0.1, 0.15) is 0 Å². The molecule has 0 aliphatic heterocycles. The molecule has 0 aliphatic rings. The first-order valence-corrected chi connectivity index (χ1v) is 7.99. The van der Waals surface area contributed by atoms with E-state index in [0.717, 1.165) is 12.1 Å². The summed E-state index contributed by atoms with van der Waals surface area (Å²) in [6.07, 6.45) is 0.971. The summed E-state index contributed by atoms with van der Waals surface area (Å²) < 4.78 is 0. The molecule has 0 fully saturated rings. The van der Waals surface area contributed by atoms with Crippen molar-refractivity contribution in [2.24, 2.45) is 0 Å². The number of allylic oxidation sites excluding steroid dienone is 1. The van der Waals surface area contributed by atoms with Crippen molar-refractivity contribution in [1.29, 1.82) is 0 Å². The highest BCUT2D eigenvalue weighted by Gasteiger charge is 2.12. The van der Waals surface area contributed by atoms with E-state index in [9.17, 15) is 0 Å². The zero-order chi connectivity index (χ0) is 16.1. The Bertz CT molecular complexity index is 784. The second-order valence-corrected chi connectivity index (χ2v) is 5.56. The van der Waals surface area contributed by atoms with Gasteiger partial charge in [0.15, 0.2) is 0 Å². The molecule has 0 spiro atoms. The number of hydrogen-bond acceptors (Lipinski definition) is 1. The van der Waals surface area contributed by atoms with Gasteiger partial charge < -0.3 is 5.73 Å². The Balaban J connectivity index is 2.26.